The van der Waals surface area contributed by atoms with Crippen LogP contribution < -0.4 is 10.2 Å². The van der Waals surface area contributed by atoms with E-state index >= 15 is 0 Å². The summed E-state index contributed by atoms with van der Waals surface area (Å²) in [5.41, 5.74) is 0. The number of carbonyl (C=O) groups is 1. The second-order valence-corrected chi connectivity index (χ2v) is 21.7. The van der Waals surface area contributed by atoms with Crippen LogP contribution in [0.1, 0.15) is 219 Å². The number of nitrogens with zero attached hydrogens (tertiary/aromatic N) is 1. The number of carbonyl (C=O) groups excluding carboxylic acids is 1. The average Bonchev–Trinajstić information content (AvgIpc) is 3.34. The minimum atomic E-state index is -4.62. The van der Waals surface area contributed by atoms with Gasteiger partial charge < -0.3 is 28.8 Å². The third-order valence-electron chi connectivity index (χ3n) is 12.2. The van der Waals surface area contributed by atoms with Gasteiger partial charge in [-0.05, 0) is 83.5 Å². The van der Waals surface area contributed by atoms with Crippen molar-refractivity contribution in [3.63, 3.8) is 0 Å². The summed E-state index contributed by atoms with van der Waals surface area (Å²) in [5, 5.41) is 13.8. The molecule has 0 aliphatic rings. The molecule has 0 rings (SSSR count). The highest BCUT2D eigenvalue weighted by molar-refractivity contribution is 7.45. The van der Waals surface area contributed by atoms with Crippen molar-refractivity contribution in [3.8, 4) is 0 Å². The summed E-state index contributed by atoms with van der Waals surface area (Å²) in [6, 6.07) is -0.927. The summed E-state index contributed by atoms with van der Waals surface area (Å²) in [6.07, 6.45) is 78.5. The van der Waals surface area contributed by atoms with Gasteiger partial charge in [-0.3, -0.25) is 9.36 Å². The third-order valence-corrected chi connectivity index (χ3v) is 13.1. The lowest BCUT2D eigenvalue weighted by Gasteiger charge is -2.29. The number of phosphoric ester groups is 1. The van der Waals surface area contributed by atoms with Crippen LogP contribution >= 0.6 is 7.82 Å². The number of likely N-dealkylation sites (N-methyl/N-ethyl adjacent to an activating group) is 1. The molecule has 9 heteroatoms. The van der Waals surface area contributed by atoms with E-state index in [1.807, 2.05) is 27.2 Å². The molecule has 3 atom stereocenters. The average molecular weight is 1020 g/mol. The zero-order valence-electron chi connectivity index (χ0n) is 46.8. The number of hydrogen-bond acceptors (Lipinski definition) is 6. The number of aliphatic hydroxyl groups is 1. The number of unbranched alkanes of at least 4 members (excludes halogenated alkanes) is 20. The van der Waals surface area contributed by atoms with Gasteiger partial charge in [-0.2, -0.15) is 0 Å². The van der Waals surface area contributed by atoms with Gasteiger partial charge in [0, 0.05) is 6.42 Å². The molecule has 72 heavy (non-hydrogen) atoms. The second-order valence-electron chi connectivity index (χ2n) is 20.3. The molecule has 0 aromatic rings. The van der Waals surface area contributed by atoms with Crippen LogP contribution in [0.15, 0.2) is 122 Å². The van der Waals surface area contributed by atoms with Crippen LogP contribution in [0.4, 0.5) is 0 Å². The molecular weight excluding hydrogens is 912 g/mol. The molecule has 8 nitrogen and oxygen atoms in total. The largest absolute Gasteiger partial charge is 0.756 e. The first-order valence-electron chi connectivity index (χ1n) is 28.9. The molecule has 0 spiro atoms. The number of rotatable bonds is 51. The van der Waals surface area contributed by atoms with Gasteiger partial charge in [0.25, 0.3) is 7.82 Å². The maximum Gasteiger partial charge on any atom is 0.268 e. The van der Waals surface area contributed by atoms with Crippen molar-refractivity contribution in [1.82, 2.24) is 5.32 Å². The van der Waals surface area contributed by atoms with E-state index in [9.17, 15) is 19.4 Å². The Balaban J connectivity index is 4.39. The Bertz CT molecular complexity index is 1580. The van der Waals surface area contributed by atoms with Crippen molar-refractivity contribution >= 4 is 13.7 Å². The first kappa shape index (κ1) is 68.9. The highest BCUT2D eigenvalue weighted by Crippen LogP contribution is 2.38. The number of amides is 1. The van der Waals surface area contributed by atoms with Crippen molar-refractivity contribution < 1.29 is 32.9 Å². The molecule has 0 saturated heterocycles. The Morgan fingerprint density at radius 2 is 0.847 bits per heavy atom. The van der Waals surface area contributed by atoms with Gasteiger partial charge in [-0.1, -0.05) is 251 Å². The summed E-state index contributed by atoms with van der Waals surface area (Å²) >= 11 is 0. The Labute approximate surface area is 444 Å². The molecule has 0 bridgehead atoms. The standard InChI is InChI=1S/C63H109N2O6P/c1-6-8-10-12-14-16-18-20-22-24-26-28-29-30-31-32-33-34-35-37-39-41-43-45-47-49-51-53-55-57-63(67)64-61(60-71-72(68,69)70-59-58-65(3,4)5)62(66)56-54-52-50-48-46-44-42-40-38-36-27-25-23-21-19-17-15-13-11-9-7-2/h8,10,14,16,20,22,26,28,30-31,33-34,37,39,43,45,49,51,54,56,61-62,66H,6-7,9,11-13,15,17-19,21,23-25,27,29,32,35-36,38,40-42,44,46-48,50,52-53,55,57-60H2,1-5H3,(H-,64,67,68,69)/b10-8-,16-14-,22-20-,28-26-,31-30-,34-33-,39-37-,45-43-,51-49-,56-54+. The number of nitrogens with one attached hydrogen (secondary N) is 1. The fourth-order valence-electron chi connectivity index (χ4n) is 7.68. The third kappa shape index (κ3) is 54.7. The van der Waals surface area contributed by atoms with Crippen LogP contribution in [0, 0.1) is 0 Å². The summed E-state index contributed by atoms with van der Waals surface area (Å²) in [5.74, 6) is -0.259. The lowest BCUT2D eigenvalue weighted by Crippen LogP contribution is -2.45. The monoisotopic (exact) mass is 1020 g/mol. The molecule has 0 heterocycles. The van der Waals surface area contributed by atoms with Gasteiger partial charge in [0.05, 0.1) is 39.9 Å². The van der Waals surface area contributed by atoms with Crippen LogP contribution in [-0.2, 0) is 18.4 Å². The predicted molar refractivity (Wildman–Crippen MR) is 311 cm³/mol. The summed E-state index contributed by atoms with van der Waals surface area (Å²) in [6.45, 7) is 4.49. The van der Waals surface area contributed by atoms with E-state index in [4.69, 9.17) is 9.05 Å². The van der Waals surface area contributed by atoms with Crippen LogP contribution in [0.2, 0.25) is 0 Å². The molecule has 0 aliphatic heterocycles. The van der Waals surface area contributed by atoms with E-state index in [2.05, 4.69) is 129 Å². The molecule has 0 aromatic carbocycles. The van der Waals surface area contributed by atoms with Gasteiger partial charge >= 0.3 is 0 Å². The minimum Gasteiger partial charge on any atom is -0.756 e. The fourth-order valence-corrected chi connectivity index (χ4v) is 8.41. The number of quaternary nitrogens is 1. The Hall–Kier alpha value is -3.10. The smallest absolute Gasteiger partial charge is 0.268 e. The Morgan fingerprint density at radius 3 is 1.22 bits per heavy atom. The second kappa shape index (κ2) is 52.8. The van der Waals surface area contributed by atoms with Gasteiger partial charge in [-0.15, -0.1) is 0 Å². The fraction of sp³-hybridized carbons (Fsp3) is 0.667. The molecule has 0 saturated carbocycles. The van der Waals surface area contributed by atoms with Gasteiger partial charge in [0.15, 0.2) is 0 Å². The maximum atomic E-state index is 12.9. The zero-order chi connectivity index (χ0) is 52.7. The molecule has 0 aliphatic carbocycles. The maximum absolute atomic E-state index is 12.9. The SMILES string of the molecule is CC/C=C\C/C=C\C/C=C\C/C=C\C/C=C\C/C=C\C/C=C\C/C=C\C/C=C\CCCC(=O)NC(COP(=O)([O-])OCC[N+](C)(C)C)C(O)/C=C/CCCCCCCCCCCCCCCCCCCCC. The molecule has 0 radical (unpaired) electrons. The van der Waals surface area contributed by atoms with Crippen LogP contribution in [0.3, 0.4) is 0 Å². The highest BCUT2D eigenvalue weighted by Gasteiger charge is 2.23. The normalized spacial score (nSPS) is 14.8. The summed E-state index contributed by atoms with van der Waals surface area (Å²) in [7, 11) is 1.21. The van der Waals surface area contributed by atoms with Gasteiger partial charge in [0.1, 0.15) is 13.2 Å². The predicted octanol–water partition coefficient (Wildman–Crippen LogP) is 17.1. The van der Waals surface area contributed by atoms with Crippen LogP contribution in [0.25, 0.3) is 0 Å². The molecule has 0 aromatic heterocycles. The van der Waals surface area contributed by atoms with E-state index in [-0.39, 0.29) is 18.9 Å². The Kier molecular flexibility index (Phi) is 50.5. The van der Waals surface area contributed by atoms with Crippen LogP contribution in [0.5, 0.6) is 0 Å². The Morgan fingerprint density at radius 1 is 0.500 bits per heavy atom. The van der Waals surface area contributed by atoms with Gasteiger partial charge in [0.2, 0.25) is 5.91 Å². The molecule has 2 N–H and O–H groups in total. The molecule has 3 unspecified atom stereocenters. The van der Waals surface area contributed by atoms with Crippen molar-refractivity contribution in [3.05, 3.63) is 122 Å². The number of phosphoric acid groups is 1. The number of allylic oxidation sites excluding steroid dienone is 19. The molecular formula is C63H109N2O6P. The van der Waals surface area contributed by atoms with Crippen molar-refractivity contribution in [2.75, 3.05) is 40.9 Å². The van der Waals surface area contributed by atoms with E-state index in [0.717, 1.165) is 83.5 Å². The first-order chi connectivity index (χ1) is 35.0. The lowest BCUT2D eigenvalue weighted by molar-refractivity contribution is -0.870. The first-order valence-corrected chi connectivity index (χ1v) is 30.4. The van der Waals surface area contributed by atoms with E-state index in [1.54, 1.807) is 6.08 Å². The summed E-state index contributed by atoms with van der Waals surface area (Å²) in [4.78, 5) is 25.5. The molecule has 412 valence electrons. The van der Waals surface area contributed by atoms with Crippen molar-refractivity contribution in [2.45, 2.75) is 231 Å². The van der Waals surface area contributed by atoms with E-state index in [1.165, 1.54) is 109 Å². The lowest BCUT2D eigenvalue weighted by atomic mass is 10.0. The van der Waals surface area contributed by atoms with Gasteiger partial charge in [-0.25, -0.2) is 0 Å². The topological polar surface area (TPSA) is 108 Å². The summed E-state index contributed by atoms with van der Waals surface area (Å²) < 4.78 is 23.3. The minimum absolute atomic E-state index is 0.0186. The molecule has 0 fully saturated rings. The van der Waals surface area contributed by atoms with E-state index in [0.29, 0.717) is 17.4 Å². The zero-order valence-corrected chi connectivity index (χ0v) is 47.7. The number of hydrogen-bond donors (Lipinski definition) is 2. The van der Waals surface area contributed by atoms with Crippen molar-refractivity contribution in [1.29, 1.82) is 0 Å². The number of aliphatic hydroxyl groups excluding tert-OH is 1. The van der Waals surface area contributed by atoms with Crippen LogP contribution in [-0.4, -0.2) is 68.5 Å². The van der Waals surface area contributed by atoms with E-state index < -0.39 is 26.6 Å². The van der Waals surface area contributed by atoms with Crippen molar-refractivity contribution in [2.24, 2.45) is 0 Å². The molecule has 1 amide bonds. The highest BCUT2D eigenvalue weighted by atomic mass is 31.2. The quantitative estimate of drug-likeness (QED) is 0.0272.